The van der Waals surface area contributed by atoms with Gasteiger partial charge in [-0.25, -0.2) is 9.97 Å². The Morgan fingerprint density at radius 2 is 1.38 bits per heavy atom. The largest absolute Gasteiger partial charge is 0.356 e. The van der Waals surface area contributed by atoms with Crippen LogP contribution in [0.3, 0.4) is 0 Å². The van der Waals surface area contributed by atoms with E-state index in [1.807, 2.05) is 11.8 Å². The van der Waals surface area contributed by atoms with Crippen molar-refractivity contribution in [1.82, 2.24) is 19.8 Å². The fraction of sp³-hybridized carbons (Fsp3) is 0.737. The number of carbonyl (C=O) groups excluding carboxylic acids is 1. The number of piperazine rings is 1. The predicted octanol–water partition coefficient (Wildman–Crippen LogP) is 1.13. The first-order chi connectivity index (χ1) is 12.7. The number of likely N-dealkylation sites (tertiary alicyclic amines) is 1. The molecule has 0 saturated carbocycles. The van der Waals surface area contributed by atoms with Crippen LogP contribution in [0.15, 0.2) is 6.07 Å². The summed E-state index contributed by atoms with van der Waals surface area (Å²) in [7, 11) is 0. The molecule has 4 heterocycles. The normalized spacial score (nSPS) is 21.7. The third-order valence-corrected chi connectivity index (χ3v) is 5.75. The Morgan fingerprint density at radius 1 is 0.846 bits per heavy atom. The van der Waals surface area contributed by atoms with Gasteiger partial charge in [-0.05, 0) is 32.6 Å². The fourth-order valence-corrected chi connectivity index (χ4v) is 4.20. The Bertz CT molecular complexity index is 631. The zero-order chi connectivity index (χ0) is 17.9. The number of nitrogens with zero attached hydrogens (tertiary/aromatic N) is 6. The Hall–Kier alpha value is -1.89. The van der Waals surface area contributed by atoms with Crippen molar-refractivity contribution in [1.29, 1.82) is 0 Å². The molecular weight excluding hydrogens is 328 g/mol. The third-order valence-electron chi connectivity index (χ3n) is 5.75. The van der Waals surface area contributed by atoms with E-state index in [0.29, 0.717) is 12.5 Å². The number of hydrogen-bond acceptors (Lipinski definition) is 6. The number of aromatic nitrogens is 2. The molecule has 0 spiro atoms. The van der Waals surface area contributed by atoms with Gasteiger partial charge in [0.05, 0.1) is 6.54 Å². The maximum Gasteiger partial charge on any atom is 0.236 e. The molecule has 0 N–H and O–H groups in total. The summed E-state index contributed by atoms with van der Waals surface area (Å²) in [4.78, 5) is 30.7. The Kier molecular flexibility index (Phi) is 5.24. The zero-order valence-electron chi connectivity index (χ0n) is 15.9. The second-order valence-corrected chi connectivity index (χ2v) is 7.68. The minimum absolute atomic E-state index is 0.296. The third kappa shape index (κ3) is 3.92. The Morgan fingerprint density at radius 3 is 2.00 bits per heavy atom. The standard InChI is InChI=1S/C19H30N6O/c1-16-20-17(23-6-2-3-7-23)14-18(21-16)24-12-10-22(11-13-24)15-19(26)25-8-4-5-9-25/h14H,2-13,15H2,1H3. The zero-order valence-corrected chi connectivity index (χ0v) is 15.9. The van der Waals surface area contributed by atoms with E-state index in [4.69, 9.17) is 0 Å². The molecule has 3 aliphatic rings. The van der Waals surface area contributed by atoms with Gasteiger partial charge in [0.15, 0.2) is 0 Å². The topological polar surface area (TPSA) is 55.8 Å². The molecule has 0 radical (unpaired) electrons. The molecule has 0 bridgehead atoms. The van der Waals surface area contributed by atoms with E-state index in [2.05, 4.69) is 30.7 Å². The van der Waals surface area contributed by atoms with Crippen LogP contribution in [0.4, 0.5) is 11.6 Å². The summed E-state index contributed by atoms with van der Waals surface area (Å²) >= 11 is 0. The summed E-state index contributed by atoms with van der Waals surface area (Å²) < 4.78 is 0. The van der Waals surface area contributed by atoms with E-state index in [1.165, 1.54) is 12.8 Å². The first-order valence-corrected chi connectivity index (χ1v) is 10.0. The molecule has 0 aromatic carbocycles. The highest BCUT2D eigenvalue weighted by Crippen LogP contribution is 2.23. The second kappa shape index (κ2) is 7.78. The maximum absolute atomic E-state index is 12.3. The van der Waals surface area contributed by atoms with Crippen LogP contribution in [0.2, 0.25) is 0 Å². The van der Waals surface area contributed by atoms with Crippen molar-refractivity contribution in [2.24, 2.45) is 0 Å². The van der Waals surface area contributed by atoms with Gasteiger partial charge in [0.25, 0.3) is 0 Å². The van der Waals surface area contributed by atoms with E-state index < -0.39 is 0 Å². The number of carbonyl (C=O) groups is 1. The van der Waals surface area contributed by atoms with Gasteiger partial charge >= 0.3 is 0 Å². The molecule has 0 aliphatic carbocycles. The summed E-state index contributed by atoms with van der Waals surface area (Å²) in [5.74, 6) is 3.24. The molecule has 0 atom stereocenters. The highest BCUT2D eigenvalue weighted by molar-refractivity contribution is 5.78. The lowest BCUT2D eigenvalue weighted by molar-refractivity contribution is -0.131. The van der Waals surface area contributed by atoms with Gasteiger partial charge in [0.2, 0.25) is 5.91 Å². The van der Waals surface area contributed by atoms with Gasteiger partial charge in [-0.2, -0.15) is 0 Å². The summed E-state index contributed by atoms with van der Waals surface area (Å²) in [6.07, 6.45) is 4.82. The van der Waals surface area contributed by atoms with Crippen LogP contribution in [-0.4, -0.2) is 84.6 Å². The Labute approximate surface area is 156 Å². The molecule has 142 valence electrons. The quantitative estimate of drug-likeness (QED) is 0.804. The van der Waals surface area contributed by atoms with Crippen LogP contribution in [-0.2, 0) is 4.79 Å². The number of hydrogen-bond donors (Lipinski definition) is 0. The minimum atomic E-state index is 0.296. The first kappa shape index (κ1) is 17.5. The van der Waals surface area contributed by atoms with Crippen molar-refractivity contribution in [3.63, 3.8) is 0 Å². The van der Waals surface area contributed by atoms with Crippen LogP contribution in [0, 0.1) is 6.92 Å². The lowest BCUT2D eigenvalue weighted by Crippen LogP contribution is -2.50. The average molecular weight is 358 g/mol. The van der Waals surface area contributed by atoms with Crippen molar-refractivity contribution < 1.29 is 4.79 Å². The molecule has 3 saturated heterocycles. The van der Waals surface area contributed by atoms with Gasteiger partial charge in [-0.1, -0.05) is 0 Å². The minimum Gasteiger partial charge on any atom is -0.356 e. The average Bonchev–Trinajstić information content (AvgIpc) is 3.36. The molecular formula is C19H30N6O. The fourth-order valence-electron chi connectivity index (χ4n) is 4.20. The molecule has 1 amide bonds. The molecule has 4 rings (SSSR count). The summed E-state index contributed by atoms with van der Waals surface area (Å²) in [6, 6.07) is 2.14. The molecule has 1 aromatic rings. The lowest BCUT2D eigenvalue weighted by atomic mass is 10.3. The Balaban J connectivity index is 1.34. The highest BCUT2D eigenvalue weighted by Gasteiger charge is 2.24. The molecule has 3 aliphatic heterocycles. The van der Waals surface area contributed by atoms with Crippen LogP contribution in [0.1, 0.15) is 31.5 Å². The van der Waals surface area contributed by atoms with Crippen molar-refractivity contribution in [3.8, 4) is 0 Å². The van der Waals surface area contributed by atoms with Crippen LogP contribution >= 0.6 is 0 Å². The van der Waals surface area contributed by atoms with E-state index in [9.17, 15) is 4.79 Å². The van der Waals surface area contributed by atoms with E-state index in [-0.39, 0.29) is 0 Å². The van der Waals surface area contributed by atoms with Gasteiger partial charge in [-0.3, -0.25) is 9.69 Å². The van der Waals surface area contributed by atoms with Crippen molar-refractivity contribution >= 4 is 17.5 Å². The molecule has 7 nitrogen and oxygen atoms in total. The van der Waals surface area contributed by atoms with Crippen molar-refractivity contribution in [3.05, 3.63) is 11.9 Å². The molecule has 1 aromatic heterocycles. The van der Waals surface area contributed by atoms with Crippen molar-refractivity contribution in [2.75, 3.05) is 68.7 Å². The SMILES string of the molecule is Cc1nc(N2CCCC2)cc(N2CCN(CC(=O)N3CCCC3)CC2)n1. The number of anilines is 2. The van der Waals surface area contributed by atoms with Crippen LogP contribution in [0.25, 0.3) is 0 Å². The highest BCUT2D eigenvalue weighted by atomic mass is 16.2. The van der Waals surface area contributed by atoms with E-state index in [1.54, 1.807) is 0 Å². The predicted molar refractivity (Wildman–Crippen MR) is 103 cm³/mol. The van der Waals surface area contributed by atoms with Crippen LogP contribution < -0.4 is 9.80 Å². The molecule has 3 fully saturated rings. The van der Waals surface area contributed by atoms with Gasteiger partial charge in [0.1, 0.15) is 17.5 Å². The summed E-state index contributed by atoms with van der Waals surface area (Å²) in [5, 5.41) is 0. The summed E-state index contributed by atoms with van der Waals surface area (Å²) in [6.45, 7) is 10.3. The number of amides is 1. The van der Waals surface area contributed by atoms with E-state index >= 15 is 0 Å². The van der Waals surface area contributed by atoms with Crippen LogP contribution in [0.5, 0.6) is 0 Å². The molecule has 7 heteroatoms. The van der Waals surface area contributed by atoms with E-state index in [0.717, 1.165) is 82.7 Å². The van der Waals surface area contributed by atoms with Gasteiger partial charge < -0.3 is 14.7 Å². The maximum atomic E-state index is 12.3. The smallest absolute Gasteiger partial charge is 0.236 e. The van der Waals surface area contributed by atoms with Gasteiger partial charge in [-0.15, -0.1) is 0 Å². The first-order valence-electron chi connectivity index (χ1n) is 10.0. The van der Waals surface area contributed by atoms with Crippen molar-refractivity contribution in [2.45, 2.75) is 32.6 Å². The lowest BCUT2D eigenvalue weighted by Gasteiger charge is -2.36. The molecule has 26 heavy (non-hydrogen) atoms. The summed E-state index contributed by atoms with van der Waals surface area (Å²) in [5.41, 5.74) is 0. The number of rotatable bonds is 4. The molecule has 0 unspecified atom stereocenters. The number of aryl methyl sites for hydroxylation is 1. The monoisotopic (exact) mass is 358 g/mol. The van der Waals surface area contributed by atoms with Gasteiger partial charge in [0, 0.05) is 58.4 Å². The second-order valence-electron chi connectivity index (χ2n) is 7.68.